The minimum Gasteiger partial charge on any atom is -0.353 e. The summed E-state index contributed by atoms with van der Waals surface area (Å²) >= 11 is 0. The molecule has 2 aliphatic heterocycles. The molecule has 3 heterocycles. The summed E-state index contributed by atoms with van der Waals surface area (Å²) in [6.45, 7) is 3.55. The van der Waals surface area contributed by atoms with Crippen LogP contribution in [0.5, 0.6) is 0 Å². The highest BCUT2D eigenvalue weighted by Crippen LogP contribution is 2.41. The molecule has 0 unspecified atom stereocenters. The molecule has 9 nitrogen and oxygen atoms in total. The van der Waals surface area contributed by atoms with E-state index in [1.54, 1.807) is 6.92 Å². The molecule has 222 valence electrons. The average molecular weight is 595 g/mol. The topological polar surface area (TPSA) is 90.9 Å². The number of halogens is 6. The first-order chi connectivity index (χ1) is 19.9. The van der Waals surface area contributed by atoms with Gasteiger partial charge in [-0.25, -0.2) is 32.6 Å². The van der Waals surface area contributed by atoms with Crippen LogP contribution in [0.25, 0.3) is 11.3 Å². The number of nitrogens with zero attached hydrogens (tertiary/aromatic N) is 5. The van der Waals surface area contributed by atoms with E-state index >= 15 is 8.78 Å². The lowest BCUT2D eigenvalue weighted by atomic mass is 10.00. The Hall–Kier alpha value is -4.40. The Balaban J connectivity index is 1.67. The zero-order chi connectivity index (χ0) is 30.2. The van der Waals surface area contributed by atoms with Crippen LogP contribution in [0.2, 0.25) is 0 Å². The molecule has 1 aromatic heterocycles. The van der Waals surface area contributed by atoms with Crippen molar-refractivity contribution in [3.8, 4) is 11.3 Å². The van der Waals surface area contributed by atoms with Crippen LogP contribution < -0.4 is 10.2 Å². The predicted molar refractivity (Wildman–Crippen MR) is 138 cm³/mol. The van der Waals surface area contributed by atoms with Crippen LogP contribution in [-0.2, 0) is 16.2 Å². The van der Waals surface area contributed by atoms with E-state index in [-0.39, 0.29) is 28.1 Å². The smallest absolute Gasteiger partial charge is 0.353 e. The van der Waals surface area contributed by atoms with E-state index in [1.807, 2.05) is 0 Å². The van der Waals surface area contributed by atoms with E-state index in [0.717, 1.165) is 50.2 Å². The van der Waals surface area contributed by atoms with E-state index in [4.69, 9.17) is 0 Å². The zero-order valence-corrected chi connectivity index (χ0v) is 22.1. The van der Waals surface area contributed by atoms with E-state index in [9.17, 15) is 27.2 Å². The number of likely N-dealkylation sites (tertiary alicyclic amines) is 1. The molecule has 0 atom stereocenters. The SMILES string of the molecule is Cc1cc(F)ccc1-c1nc(NCCN2CCCC2)nc2c1CN(OC(=O)C(F)(F)F)C(=O)N2c1c(F)cccc1F. The number of rotatable bonds is 7. The highest BCUT2D eigenvalue weighted by Gasteiger charge is 2.46. The first kappa shape index (κ1) is 29.1. The van der Waals surface area contributed by atoms with E-state index in [2.05, 4.69) is 25.0 Å². The van der Waals surface area contributed by atoms with Gasteiger partial charge >= 0.3 is 18.2 Å². The fourth-order valence-electron chi connectivity index (χ4n) is 4.87. The molecule has 1 N–H and O–H groups in total. The van der Waals surface area contributed by atoms with Gasteiger partial charge in [-0.15, -0.1) is 5.06 Å². The van der Waals surface area contributed by atoms with Gasteiger partial charge in [-0.3, -0.25) is 0 Å². The van der Waals surface area contributed by atoms with Crippen molar-refractivity contribution in [1.82, 2.24) is 19.9 Å². The predicted octanol–water partition coefficient (Wildman–Crippen LogP) is 5.47. The first-order valence-electron chi connectivity index (χ1n) is 12.9. The number of amides is 2. The second-order valence-corrected chi connectivity index (χ2v) is 9.73. The van der Waals surface area contributed by atoms with Crippen LogP contribution in [0, 0.1) is 24.4 Å². The Bertz CT molecular complexity index is 1510. The Morgan fingerprint density at radius 2 is 1.74 bits per heavy atom. The molecule has 15 heteroatoms. The van der Waals surface area contributed by atoms with Crippen molar-refractivity contribution in [1.29, 1.82) is 0 Å². The van der Waals surface area contributed by atoms with Crippen LogP contribution in [0.15, 0.2) is 36.4 Å². The number of fused-ring (bicyclic) bond motifs is 1. The quantitative estimate of drug-likeness (QED) is 0.363. The Kier molecular flexibility index (Phi) is 7.95. The number of para-hydroxylation sites is 1. The van der Waals surface area contributed by atoms with Gasteiger partial charge in [0.2, 0.25) is 5.95 Å². The number of anilines is 3. The van der Waals surface area contributed by atoms with Crippen molar-refractivity contribution in [2.75, 3.05) is 36.4 Å². The van der Waals surface area contributed by atoms with Gasteiger partial charge in [0.05, 0.1) is 12.2 Å². The lowest BCUT2D eigenvalue weighted by Crippen LogP contribution is -2.48. The molecule has 0 saturated carbocycles. The van der Waals surface area contributed by atoms with Gasteiger partial charge in [0.15, 0.2) is 5.82 Å². The van der Waals surface area contributed by atoms with Gasteiger partial charge in [-0.05, 0) is 68.8 Å². The maximum absolute atomic E-state index is 15.0. The molecule has 42 heavy (non-hydrogen) atoms. The summed E-state index contributed by atoms with van der Waals surface area (Å²) in [7, 11) is 0. The molecule has 2 aromatic carbocycles. The van der Waals surface area contributed by atoms with Crippen molar-refractivity contribution in [3.05, 3.63) is 65.0 Å². The molecular weight excluding hydrogens is 570 g/mol. The monoisotopic (exact) mass is 594 g/mol. The number of aromatic nitrogens is 2. The highest BCUT2D eigenvalue weighted by atomic mass is 19.4. The third-order valence-corrected chi connectivity index (χ3v) is 6.84. The largest absolute Gasteiger partial charge is 0.493 e. The van der Waals surface area contributed by atoms with Gasteiger partial charge in [0.1, 0.15) is 23.1 Å². The van der Waals surface area contributed by atoms with E-state index in [1.165, 1.54) is 12.1 Å². The number of carbonyl (C=O) groups is 2. The molecule has 1 fully saturated rings. The molecule has 0 bridgehead atoms. The fourth-order valence-corrected chi connectivity index (χ4v) is 4.87. The summed E-state index contributed by atoms with van der Waals surface area (Å²) in [5.74, 6) is -6.19. The van der Waals surface area contributed by atoms with Crippen molar-refractivity contribution in [2.45, 2.75) is 32.5 Å². The van der Waals surface area contributed by atoms with Crippen molar-refractivity contribution >= 4 is 29.5 Å². The van der Waals surface area contributed by atoms with E-state index < -0.39 is 47.9 Å². The third-order valence-electron chi connectivity index (χ3n) is 6.84. The molecule has 0 spiro atoms. The minimum absolute atomic E-state index is 0.0171. The van der Waals surface area contributed by atoms with Crippen LogP contribution in [0.1, 0.15) is 24.0 Å². The molecule has 5 rings (SSSR count). The van der Waals surface area contributed by atoms with Crippen molar-refractivity contribution in [2.24, 2.45) is 0 Å². The normalized spacial score (nSPS) is 15.6. The van der Waals surface area contributed by atoms with Gasteiger partial charge < -0.3 is 15.1 Å². The molecular formula is C27H24F6N6O3. The third kappa shape index (κ3) is 5.82. The number of nitrogens with one attached hydrogen (secondary N) is 1. The van der Waals surface area contributed by atoms with Gasteiger partial charge in [0, 0.05) is 24.2 Å². The van der Waals surface area contributed by atoms with Gasteiger partial charge in [-0.1, -0.05) is 6.07 Å². The summed E-state index contributed by atoms with van der Waals surface area (Å²) in [6, 6.07) is 4.88. The summed E-state index contributed by atoms with van der Waals surface area (Å²) < 4.78 is 83.3. The number of urea groups is 1. The molecule has 1 saturated heterocycles. The lowest BCUT2D eigenvalue weighted by Gasteiger charge is -2.35. The number of benzene rings is 2. The second kappa shape index (κ2) is 11.5. The second-order valence-electron chi connectivity index (χ2n) is 9.73. The Morgan fingerprint density at radius 3 is 2.38 bits per heavy atom. The number of hydrogen-bond acceptors (Lipinski definition) is 7. The van der Waals surface area contributed by atoms with Crippen molar-refractivity contribution in [3.63, 3.8) is 0 Å². The molecule has 2 aliphatic rings. The Labute approximate surface area is 235 Å². The number of hydrogen-bond donors (Lipinski definition) is 1. The maximum atomic E-state index is 15.0. The summed E-state index contributed by atoms with van der Waals surface area (Å²) in [4.78, 5) is 40.9. The molecule has 2 amide bonds. The number of alkyl halides is 3. The molecule has 0 radical (unpaired) electrons. The summed E-state index contributed by atoms with van der Waals surface area (Å²) in [6.07, 6.45) is -3.36. The fraction of sp³-hybridized carbons (Fsp3) is 0.333. The lowest BCUT2D eigenvalue weighted by molar-refractivity contribution is -0.229. The highest BCUT2D eigenvalue weighted by molar-refractivity contribution is 6.02. The molecule has 0 aliphatic carbocycles. The summed E-state index contributed by atoms with van der Waals surface area (Å²) in [5, 5.41) is 3.05. The van der Waals surface area contributed by atoms with Crippen LogP contribution in [-0.4, -0.2) is 64.3 Å². The van der Waals surface area contributed by atoms with Crippen LogP contribution in [0.4, 0.5) is 48.6 Å². The van der Waals surface area contributed by atoms with E-state index in [0.29, 0.717) is 29.1 Å². The van der Waals surface area contributed by atoms with Crippen molar-refractivity contribution < 1.29 is 40.8 Å². The van der Waals surface area contributed by atoms with Gasteiger partial charge in [-0.2, -0.15) is 18.2 Å². The zero-order valence-electron chi connectivity index (χ0n) is 22.1. The van der Waals surface area contributed by atoms with Crippen LogP contribution in [0.3, 0.4) is 0 Å². The maximum Gasteiger partial charge on any atom is 0.493 e. The molecule has 3 aromatic rings. The number of carbonyl (C=O) groups excluding carboxylic acids is 2. The Morgan fingerprint density at radius 1 is 1.05 bits per heavy atom. The van der Waals surface area contributed by atoms with Crippen LogP contribution >= 0.6 is 0 Å². The first-order valence-corrected chi connectivity index (χ1v) is 12.9. The standard InChI is InChI=1S/C27H24F6N6O3/c1-15-13-16(28)7-8-17(15)21-18-14-38(42-24(40)27(31,32)33)26(41)39(22-19(29)5-4-6-20(22)30)23(18)36-25(35-21)34-9-12-37-10-2-3-11-37/h4-8,13H,2-3,9-12,14H2,1H3,(H,34,35,36). The number of aryl methyl sites for hydroxylation is 1. The van der Waals surface area contributed by atoms with Gasteiger partial charge in [0.25, 0.3) is 0 Å². The minimum atomic E-state index is -5.48. The number of hydroxylamine groups is 2. The summed E-state index contributed by atoms with van der Waals surface area (Å²) in [5.41, 5.74) is -0.392. The average Bonchev–Trinajstić information content (AvgIpc) is 3.43.